The lowest BCUT2D eigenvalue weighted by Crippen LogP contribution is -2.51. The van der Waals surface area contributed by atoms with Crippen LogP contribution in [0.5, 0.6) is 0 Å². The van der Waals surface area contributed by atoms with Gasteiger partial charge in [-0.15, -0.1) is 0 Å². The van der Waals surface area contributed by atoms with Crippen LogP contribution in [0.4, 0.5) is 8.78 Å². The maximum absolute atomic E-state index is 13.1. The van der Waals surface area contributed by atoms with Gasteiger partial charge in [-0.05, 0) is 26.4 Å². The quantitative estimate of drug-likeness (QED) is 0.721. The summed E-state index contributed by atoms with van der Waals surface area (Å²) in [6.45, 7) is 1.34. The van der Waals surface area contributed by atoms with Crippen LogP contribution in [-0.4, -0.2) is 54.4 Å². The lowest BCUT2D eigenvalue weighted by atomic mass is 10.0. The first-order chi connectivity index (χ1) is 8.49. The molecule has 2 saturated heterocycles. The number of amides is 1. The molecule has 1 amide bonds. The molecule has 0 aromatic heterocycles. The summed E-state index contributed by atoms with van der Waals surface area (Å²) in [5, 5.41) is 0. The lowest BCUT2D eigenvalue weighted by molar-refractivity contribution is -0.142. The van der Waals surface area contributed by atoms with Crippen molar-refractivity contribution in [1.82, 2.24) is 9.80 Å². The Kier molecular flexibility index (Phi) is 4.20. The highest BCUT2D eigenvalue weighted by molar-refractivity contribution is 5.82. The molecule has 1 atom stereocenters. The summed E-state index contributed by atoms with van der Waals surface area (Å²) in [6, 6.07) is -0.0979. The summed E-state index contributed by atoms with van der Waals surface area (Å²) in [5.74, 6) is -2.53. The number of hydrogen-bond donors (Lipinski definition) is 0. The van der Waals surface area contributed by atoms with E-state index < -0.39 is 5.92 Å². The highest BCUT2D eigenvalue weighted by Crippen LogP contribution is 2.28. The van der Waals surface area contributed by atoms with Crippen LogP contribution in [0, 0.1) is 0 Å². The molecule has 104 valence electrons. The molecular formula is C13H22F2N2O. The molecule has 0 aromatic rings. The first kappa shape index (κ1) is 13.7. The van der Waals surface area contributed by atoms with Crippen molar-refractivity contribution in [2.75, 3.05) is 26.7 Å². The van der Waals surface area contributed by atoms with E-state index in [1.807, 2.05) is 7.05 Å². The smallest absolute Gasteiger partial charge is 0.251 e. The van der Waals surface area contributed by atoms with Gasteiger partial charge in [0.1, 0.15) is 0 Å². The van der Waals surface area contributed by atoms with E-state index in [0.717, 1.165) is 32.2 Å². The van der Waals surface area contributed by atoms with E-state index >= 15 is 0 Å². The van der Waals surface area contributed by atoms with Gasteiger partial charge in [0, 0.05) is 25.9 Å². The first-order valence-electron chi connectivity index (χ1n) is 6.86. The highest BCUT2D eigenvalue weighted by Gasteiger charge is 2.38. The Hall–Kier alpha value is -0.710. The van der Waals surface area contributed by atoms with Crippen LogP contribution < -0.4 is 0 Å². The monoisotopic (exact) mass is 260 g/mol. The van der Waals surface area contributed by atoms with Crippen LogP contribution in [0.2, 0.25) is 0 Å². The third-order valence-electron chi connectivity index (χ3n) is 4.11. The molecule has 0 radical (unpaired) electrons. The highest BCUT2D eigenvalue weighted by atomic mass is 19.3. The molecule has 0 bridgehead atoms. The molecule has 2 fully saturated rings. The van der Waals surface area contributed by atoms with E-state index in [9.17, 15) is 13.6 Å². The molecule has 1 unspecified atom stereocenters. The Balaban J connectivity index is 1.94. The van der Waals surface area contributed by atoms with Crippen molar-refractivity contribution in [3.05, 3.63) is 0 Å². The second-order valence-electron chi connectivity index (χ2n) is 5.53. The van der Waals surface area contributed by atoms with Crippen molar-refractivity contribution in [2.24, 2.45) is 0 Å². The zero-order valence-electron chi connectivity index (χ0n) is 11.0. The topological polar surface area (TPSA) is 23.6 Å². The molecule has 2 aliphatic rings. The van der Waals surface area contributed by atoms with Gasteiger partial charge in [0.05, 0.1) is 6.04 Å². The van der Waals surface area contributed by atoms with E-state index in [0.29, 0.717) is 0 Å². The number of rotatable bonds is 1. The summed E-state index contributed by atoms with van der Waals surface area (Å²) in [7, 11) is 1.96. The van der Waals surface area contributed by atoms with E-state index in [2.05, 4.69) is 4.90 Å². The van der Waals surface area contributed by atoms with Gasteiger partial charge in [0.2, 0.25) is 5.91 Å². The second kappa shape index (κ2) is 5.51. The largest absolute Gasteiger partial charge is 0.341 e. The van der Waals surface area contributed by atoms with Crippen molar-refractivity contribution in [3.63, 3.8) is 0 Å². The van der Waals surface area contributed by atoms with Gasteiger partial charge in [-0.3, -0.25) is 9.69 Å². The molecule has 18 heavy (non-hydrogen) atoms. The SMILES string of the molecule is CN1CCCCCC1C(=O)N1CCC(F)(F)CC1. The van der Waals surface area contributed by atoms with Gasteiger partial charge < -0.3 is 4.90 Å². The van der Waals surface area contributed by atoms with Crippen molar-refractivity contribution < 1.29 is 13.6 Å². The fourth-order valence-corrected chi connectivity index (χ4v) is 2.83. The minimum atomic E-state index is -2.58. The molecule has 0 saturated carbocycles. The molecule has 0 spiro atoms. The Morgan fingerprint density at radius 2 is 1.78 bits per heavy atom. The molecule has 0 N–H and O–H groups in total. The number of hydrogen-bond acceptors (Lipinski definition) is 2. The number of nitrogens with zero attached hydrogens (tertiary/aromatic N) is 2. The van der Waals surface area contributed by atoms with Crippen LogP contribution in [0.3, 0.4) is 0 Å². The predicted molar refractivity (Wildman–Crippen MR) is 65.6 cm³/mol. The minimum absolute atomic E-state index is 0.0508. The summed E-state index contributed by atoms with van der Waals surface area (Å²) < 4.78 is 26.2. The van der Waals surface area contributed by atoms with E-state index in [4.69, 9.17) is 0 Å². The van der Waals surface area contributed by atoms with Gasteiger partial charge >= 0.3 is 0 Å². The van der Waals surface area contributed by atoms with Gasteiger partial charge in [-0.1, -0.05) is 12.8 Å². The van der Waals surface area contributed by atoms with Crippen LogP contribution >= 0.6 is 0 Å². The molecular weight excluding hydrogens is 238 g/mol. The van der Waals surface area contributed by atoms with Crippen LogP contribution in [0.1, 0.15) is 38.5 Å². The van der Waals surface area contributed by atoms with E-state index in [-0.39, 0.29) is 37.9 Å². The number of carbonyl (C=O) groups excluding carboxylic acids is 1. The van der Waals surface area contributed by atoms with Crippen LogP contribution in [-0.2, 0) is 4.79 Å². The summed E-state index contributed by atoms with van der Waals surface area (Å²) in [4.78, 5) is 16.1. The van der Waals surface area contributed by atoms with Gasteiger partial charge in [0.25, 0.3) is 5.92 Å². The minimum Gasteiger partial charge on any atom is -0.341 e. The Morgan fingerprint density at radius 1 is 1.11 bits per heavy atom. The third-order valence-corrected chi connectivity index (χ3v) is 4.11. The lowest BCUT2D eigenvalue weighted by Gasteiger charge is -2.36. The van der Waals surface area contributed by atoms with Crippen molar-refractivity contribution in [1.29, 1.82) is 0 Å². The Bertz CT molecular complexity index is 299. The third kappa shape index (κ3) is 3.19. The summed E-state index contributed by atoms with van der Waals surface area (Å²) in [6.07, 6.45) is 3.84. The average molecular weight is 260 g/mol. The zero-order chi connectivity index (χ0) is 13.2. The number of carbonyl (C=O) groups is 1. The average Bonchev–Trinajstić information content (AvgIpc) is 2.53. The normalized spacial score (nSPS) is 29.9. The zero-order valence-corrected chi connectivity index (χ0v) is 11.0. The molecule has 0 aliphatic carbocycles. The number of halogens is 2. The summed E-state index contributed by atoms with van der Waals surface area (Å²) in [5.41, 5.74) is 0. The summed E-state index contributed by atoms with van der Waals surface area (Å²) >= 11 is 0. The number of piperidine rings is 1. The van der Waals surface area contributed by atoms with Crippen LogP contribution in [0.15, 0.2) is 0 Å². The molecule has 2 aliphatic heterocycles. The van der Waals surface area contributed by atoms with Gasteiger partial charge in [0.15, 0.2) is 0 Å². The molecule has 0 aromatic carbocycles. The Morgan fingerprint density at radius 3 is 2.44 bits per heavy atom. The van der Waals surface area contributed by atoms with Crippen LogP contribution in [0.25, 0.3) is 0 Å². The molecule has 3 nitrogen and oxygen atoms in total. The second-order valence-corrected chi connectivity index (χ2v) is 5.53. The van der Waals surface area contributed by atoms with E-state index in [1.54, 1.807) is 4.90 Å². The number of likely N-dealkylation sites (N-methyl/N-ethyl adjacent to an activating group) is 1. The van der Waals surface area contributed by atoms with E-state index in [1.165, 1.54) is 0 Å². The molecule has 2 rings (SSSR count). The maximum Gasteiger partial charge on any atom is 0.251 e. The number of alkyl halides is 2. The van der Waals surface area contributed by atoms with Crippen molar-refractivity contribution >= 4 is 5.91 Å². The predicted octanol–water partition coefficient (Wildman–Crippen LogP) is 2.12. The van der Waals surface area contributed by atoms with Crippen molar-refractivity contribution in [2.45, 2.75) is 50.5 Å². The fourth-order valence-electron chi connectivity index (χ4n) is 2.83. The standard InChI is InChI=1S/C13H22F2N2O/c1-16-8-4-2-3-5-11(16)12(18)17-9-6-13(14,15)7-10-17/h11H,2-10H2,1H3. The van der Waals surface area contributed by atoms with Crippen molar-refractivity contribution in [3.8, 4) is 0 Å². The van der Waals surface area contributed by atoms with Gasteiger partial charge in [-0.2, -0.15) is 0 Å². The molecule has 2 heterocycles. The Labute approximate surface area is 107 Å². The maximum atomic E-state index is 13.1. The number of likely N-dealkylation sites (tertiary alicyclic amines) is 2. The molecule has 5 heteroatoms. The first-order valence-corrected chi connectivity index (χ1v) is 6.86. The fraction of sp³-hybridized carbons (Fsp3) is 0.923. The van der Waals surface area contributed by atoms with Gasteiger partial charge in [-0.25, -0.2) is 8.78 Å².